The number of aliphatic hydroxyl groups excluding tert-OH is 1. The zero-order valence-electron chi connectivity index (χ0n) is 8.70. The summed E-state index contributed by atoms with van der Waals surface area (Å²) in [7, 11) is 0. The van der Waals surface area contributed by atoms with E-state index in [2.05, 4.69) is 15.9 Å². The molecular weight excluding hydrogens is 306 g/mol. The van der Waals surface area contributed by atoms with Crippen LogP contribution in [0.25, 0.3) is 0 Å². The predicted molar refractivity (Wildman–Crippen MR) is 69.6 cm³/mol. The van der Waals surface area contributed by atoms with Gasteiger partial charge in [-0.3, -0.25) is 0 Å². The molecule has 0 fully saturated rings. The second-order valence-electron chi connectivity index (χ2n) is 3.62. The van der Waals surface area contributed by atoms with Crippen LogP contribution in [0.2, 0.25) is 5.02 Å². The van der Waals surface area contributed by atoms with Crippen molar-refractivity contribution in [2.45, 2.75) is 6.10 Å². The van der Waals surface area contributed by atoms with Crippen molar-refractivity contribution in [2.75, 3.05) is 0 Å². The molecule has 88 valence electrons. The molecule has 0 heterocycles. The minimum absolute atomic E-state index is 0.238. The Morgan fingerprint density at radius 2 is 1.76 bits per heavy atom. The highest BCUT2D eigenvalue weighted by Gasteiger charge is 2.15. The van der Waals surface area contributed by atoms with E-state index >= 15 is 0 Å². The van der Waals surface area contributed by atoms with Gasteiger partial charge < -0.3 is 5.11 Å². The SMILES string of the molecule is O[C@H](c1ccc(Cl)cc1)c1cc(Br)ccc1F. The molecule has 0 aliphatic rings. The minimum Gasteiger partial charge on any atom is -0.384 e. The van der Waals surface area contributed by atoms with E-state index in [1.807, 2.05) is 0 Å². The predicted octanol–water partition coefficient (Wildman–Crippen LogP) is 4.32. The minimum atomic E-state index is -0.996. The molecule has 0 aliphatic heterocycles. The van der Waals surface area contributed by atoms with Gasteiger partial charge in [-0.05, 0) is 35.9 Å². The molecule has 2 rings (SSSR count). The molecule has 0 spiro atoms. The first-order valence-corrected chi connectivity index (χ1v) is 6.13. The van der Waals surface area contributed by atoms with Crippen LogP contribution in [0.15, 0.2) is 46.9 Å². The monoisotopic (exact) mass is 314 g/mol. The summed E-state index contributed by atoms with van der Waals surface area (Å²) >= 11 is 9.01. The highest BCUT2D eigenvalue weighted by molar-refractivity contribution is 9.10. The molecule has 0 bridgehead atoms. The first-order chi connectivity index (χ1) is 8.08. The average molecular weight is 316 g/mol. The maximum Gasteiger partial charge on any atom is 0.129 e. The van der Waals surface area contributed by atoms with Gasteiger partial charge in [-0.15, -0.1) is 0 Å². The first kappa shape index (κ1) is 12.6. The van der Waals surface area contributed by atoms with E-state index in [1.165, 1.54) is 6.07 Å². The lowest BCUT2D eigenvalue weighted by Gasteiger charge is -2.12. The van der Waals surface area contributed by atoms with Crippen molar-refractivity contribution in [2.24, 2.45) is 0 Å². The lowest BCUT2D eigenvalue weighted by atomic mass is 10.0. The molecule has 17 heavy (non-hydrogen) atoms. The third-order valence-electron chi connectivity index (χ3n) is 2.44. The van der Waals surface area contributed by atoms with E-state index in [0.29, 0.717) is 10.6 Å². The fourth-order valence-corrected chi connectivity index (χ4v) is 2.05. The van der Waals surface area contributed by atoms with Crippen LogP contribution in [0, 0.1) is 5.82 Å². The molecule has 1 atom stereocenters. The highest BCUT2D eigenvalue weighted by atomic mass is 79.9. The van der Waals surface area contributed by atoms with E-state index in [-0.39, 0.29) is 5.56 Å². The van der Waals surface area contributed by atoms with Gasteiger partial charge in [0.2, 0.25) is 0 Å². The molecule has 0 amide bonds. The van der Waals surface area contributed by atoms with Gasteiger partial charge in [-0.2, -0.15) is 0 Å². The van der Waals surface area contributed by atoms with Crippen molar-refractivity contribution in [1.29, 1.82) is 0 Å². The number of benzene rings is 2. The van der Waals surface area contributed by atoms with Crippen molar-refractivity contribution in [3.8, 4) is 0 Å². The Bertz CT molecular complexity index is 527. The Kier molecular flexibility index (Phi) is 3.82. The summed E-state index contributed by atoms with van der Waals surface area (Å²) in [5.41, 5.74) is 0.841. The van der Waals surface area contributed by atoms with Gasteiger partial charge in [0, 0.05) is 15.1 Å². The van der Waals surface area contributed by atoms with E-state index in [1.54, 1.807) is 36.4 Å². The van der Waals surface area contributed by atoms with Gasteiger partial charge in [-0.25, -0.2) is 4.39 Å². The Morgan fingerprint density at radius 1 is 1.12 bits per heavy atom. The fraction of sp³-hybridized carbons (Fsp3) is 0.0769. The summed E-state index contributed by atoms with van der Waals surface area (Å²) in [4.78, 5) is 0. The van der Waals surface area contributed by atoms with Gasteiger partial charge in [0.05, 0.1) is 0 Å². The summed E-state index contributed by atoms with van der Waals surface area (Å²) in [6.07, 6.45) is -0.996. The number of aliphatic hydroxyl groups is 1. The van der Waals surface area contributed by atoms with Gasteiger partial charge in [0.15, 0.2) is 0 Å². The summed E-state index contributed by atoms with van der Waals surface area (Å²) in [5, 5.41) is 10.7. The second kappa shape index (κ2) is 5.17. The molecule has 1 nitrogen and oxygen atoms in total. The lowest BCUT2D eigenvalue weighted by molar-refractivity contribution is 0.215. The van der Waals surface area contributed by atoms with Gasteiger partial charge in [-0.1, -0.05) is 39.7 Å². The zero-order valence-corrected chi connectivity index (χ0v) is 11.0. The van der Waals surface area contributed by atoms with Crippen molar-refractivity contribution < 1.29 is 9.50 Å². The third kappa shape index (κ3) is 2.86. The molecule has 2 aromatic carbocycles. The van der Waals surface area contributed by atoms with Crippen LogP contribution in [0.5, 0.6) is 0 Å². The van der Waals surface area contributed by atoms with E-state index in [4.69, 9.17) is 11.6 Å². The van der Waals surface area contributed by atoms with Crippen LogP contribution in [0.1, 0.15) is 17.2 Å². The summed E-state index contributed by atoms with van der Waals surface area (Å²) in [6.45, 7) is 0. The normalized spacial score (nSPS) is 12.5. The smallest absolute Gasteiger partial charge is 0.129 e. The van der Waals surface area contributed by atoms with Crippen LogP contribution in [0.3, 0.4) is 0 Å². The van der Waals surface area contributed by atoms with E-state index < -0.39 is 11.9 Å². The molecule has 0 aromatic heterocycles. The fourth-order valence-electron chi connectivity index (χ4n) is 1.55. The number of hydrogen-bond donors (Lipinski definition) is 1. The van der Waals surface area contributed by atoms with Crippen LogP contribution >= 0.6 is 27.5 Å². The second-order valence-corrected chi connectivity index (χ2v) is 4.97. The number of rotatable bonds is 2. The lowest BCUT2D eigenvalue weighted by Crippen LogP contribution is -2.02. The van der Waals surface area contributed by atoms with Gasteiger partial charge in [0.1, 0.15) is 11.9 Å². The first-order valence-electron chi connectivity index (χ1n) is 4.96. The van der Waals surface area contributed by atoms with Crippen LogP contribution in [-0.4, -0.2) is 5.11 Å². The molecule has 0 aliphatic carbocycles. The molecule has 0 saturated carbocycles. The van der Waals surface area contributed by atoms with Crippen LogP contribution < -0.4 is 0 Å². The molecule has 1 N–H and O–H groups in total. The maximum absolute atomic E-state index is 13.6. The molecule has 0 radical (unpaired) electrons. The number of halogens is 3. The summed E-state index contributed by atoms with van der Waals surface area (Å²) in [5.74, 6) is -0.435. The zero-order chi connectivity index (χ0) is 12.4. The van der Waals surface area contributed by atoms with Gasteiger partial charge >= 0.3 is 0 Å². The standard InChI is InChI=1S/C13H9BrClFO/c14-9-3-6-12(16)11(7-9)13(17)8-1-4-10(15)5-2-8/h1-7,13,17H/t13-/m1/s1. The van der Waals surface area contributed by atoms with Crippen LogP contribution in [-0.2, 0) is 0 Å². The molecule has 0 saturated heterocycles. The van der Waals surface area contributed by atoms with E-state index in [9.17, 15) is 9.50 Å². The highest BCUT2D eigenvalue weighted by Crippen LogP contribution is 2.27. The topological polar surface area (TPSA) is 20.2 Å². The Hall–Kier alpha value is -0.900. The quantitative estimate of drug-likeness (QED) is 0.875. The molecular formula is C13H9BrClFO. The number of hydrogen-bond acceptors (Lipinski definition) is 1. The molecule has 2 aromatic rings. The van der Waals surface area contributed by atoms with Crippen LogP contribution in [0.4, 0.5) is 4.39 Å². The Balaban J connectivity index is 2.39. The molecule has 4 heteroatoms. The van der Waals surface area contributed by atoms with Gasteiger partial charge in [0.25, 0.3) is 0 Å². The molecule has 0 unspecified atom stereocenters. The van der Waals surface area contributed by atoms with Crippen molar-refractivity contribution in [3.63, 3.8) is 0 Å². The largest absolute Gasteiger partial charge is 0.384 e. The average Bonchev–Trinajstić information content (AvgIpc) is 2.32. The Labute approximate surface area is 112 Å². The third-order valence-corrected chi connectivity index (χ3v) is 3.18. The maximum atomic E-state index is 13.6. The van der Waals surface area contributed by atoms with Crippen molar-refractivity contribution >= 4 is 27.5 Å². The summed E-state index contributed by atoms with van der Waals surface area (Å²) in [6, 6.07) is 11.1. The van der Waals surface area contributed by atoms with Crippen molar-refractivity contribution in [3.05, 3.63) is 68.9 Å². The van der Waals surface area contributed by atoms with Crippen molar-refractivity contribution in [1.82, 2.24) is 0 Å². The Morgan fingerprint density at radius 3 is 2.41 bits per heavy atom. The summed E-state index contributed by atoms with van der Waals surface area (Å²) < 4.78 is 14.3. The van der Waals surface area contributed by atoms with E-state index in [0.717, 1.165) is 4.47 Å².